The van der Waals surface area contributed by atoms with Crippen LogP contribution >= 0.6 is 0 Å². The van der Waals surface area contributed by atoms with E-state index in [-0.39, 0.29) is 18.1 Å². The van der Waals surface area contributed by atoms with Crippen molar-refractivity contribution in [3.05, 3.63) is 34.9 Å². The Morgan fingerprint density at radius 1 is 1.40 bits per heavy atom. The predicted octanol–water partition coefficient (Wildman–Crippen LogP) is 2.40. The topological polar surface area (TPSA) is 49.3 Å². The van der Waals surface area contributed by atoms with Crippen LogP contribution in [0.2, 0.25) is 0 Å². The van der Waals surface area contributed by atoms with Crippen LogP contribution in [0.5, 0.6) is 0 Å². The lowest BCUT2D eigenvalue weighted by Crippen LogP contribution is -2.53. The fourth-order valence-corrected chi connectivity index (χ4v) is 2.61. The summed E-state index contributed by atoms with van der Waals surface area (Å²) in [6.07, 6.45) is 4.30. The number of rotatable bonds is 3. The molecule has 0 aromatic heterocycles. The van der Waals surface area contributed by atoms with Gasteiger partial charge in [0.15, 0.2) is 0 Å². The third-order valence-electron chi connectivity index (χ3n) is 4.02. The molecule has 1 fully saturated rings. The Kier molecular flexibility index (Phi) is 4.46. The standard InChI is InChI=1S/C17H21NO2/c1-3-17(7-5-8-17)18-16(20)15-11-13(2)10-14(12-15)6-4-9-19/h10-12,19H,3,5,7-9H2,1-2H3,(H,18,20). The molecule has 1 aliphatic carbocycles. The summed E-state index contributed by atoms with van der Waals surface area (Å²) in [6, 6.07) is 5.58. The maximum absolute atomic E-state index is 12.4. The van der Waals surface area contributed by atoms with E-state index in [9.17, 15) is 4.79 Å². The van der Waals surface area contributed by atoms with Crippen molar-refractivity contribution in [2.24, 2.45) is 0 Å². The van der Waals surface area contributed by atoms with Gasteiger partial charge in [0.2, 0.25) is 0 Å². The zero-order valence-corrected chi connectivity index (χ0v) is 12.1. The van der Waals surface area contributed by atoms with Gasteiger partial charge in [-0.05, 0) is 56.4 Å². The van der Waals surface area contributed by atoms with Crippen molar-refractivity contribution in [3.8, 4) is 11.8 Å². The van der Waals surface area contributed by atoms with E-state index in [2.05, 4.69) is 24.1 Å². The number of amides is 1. The van der Waals surface area contributed by atoms with E-state index in [1.165, 1.54) is 6.42 Å². The highest BCUT2D eigenvalue weighted by atomic mass is 16.2. The number of hydrogen-bond donors (Lipinski definition) is 2. The average molecular weight is 271 g/mol. The van der Waals surface area contributed by atoms with Gasteiger partial charge in [0.25, 0.3) is 5.91 Å². The van der Waals surface area contributed by atoms with E-state index in [1.54, 1.807) is 6.07 Å². The Hall–Kier alpha value is -1.79. The summed E-state index contributed by atoms with van der Waals surface area (Å²) in [5, 5.41) is 11.9. The third-order valence-corrected chi connectivity index (χ3v) is 4.02. The van der Waals surface area contributed by atoms with Gasteiger partial charge in [-0.2, -0.15) is 0 Å². The summed E-state index contributed by atoms with van der Waals surface area (Å²) in [7, 11) is 0. The van der Waals surface area contributed by atoms with Crippen molar-refractivity contribution in [1.82, 2.24) is 5.32 Å². The summed E-state index contributed by atoms with van der Waals surface area (Å²) in [5.74, 6) is 5.44. The van der Waals surface area contributed by atoms with Crippen molar-refractivity contribution >= 4 is 5.91 Å². The Bertz CT molecular complexity index is 557. The molecule has 1 aromatic rings. The van der Waals surface area contributed by atoms with Crippen LogP contribution in [0.25, 0.3) is 0 Å². The van der Waals surface area contributed by atoms with Gasteiger partial charge in [-0.3, -0.25) is 4.79 Å². The molecule has 2 rings (SSSR count). The number of nitrogens with one attached hydrogen (secondary N) is 1. The molecule has 20 heavy (non-hydrogen) atoms. The van der Waals surface area contributed by atoms with E-state index in [1.807, 2.05) is 19.1 Å². The highest BCUT2D eigenvalue weighted by molar-refractivity contribution is 5.95. The third kappa shape index (κ3) is 3.20. The van der Waals surface area contributed by atoms with Crippen molar-refractivity contribution < 1.29 is 9.90 Å². The molecular formula is C17H21NO2. The van der Waals surface area contributed by atoms with Crippen molar-refractivity contribution in [1.29, 1.82) is 0 Å². The summed E-state index contributed by atoms with van der Waals surface area (Å²) in [4.78, 5) is 12.4. The lowest BCUT2D eigenvalue weighted by atomic mass is 9.74. The van der Waals surface area contributed by atoms with Crippen molar-refractivity contribution in [3.63, 3.8) is 0 Å². The van der Waals surface area contributed by atoms with Crippen LogP contribution in [0, 0.1) is 18.8 Å². The molecule has 3 heteroatoms. The first-order chi connectivity index (χ1) is 9.58. The van der Waals surface area contributed by atoms with Crippen LogP contribution in [0.4, 0.5) is 0 Å². The number of carbonyl (C=O) groups is 1. The number of hydrogen-bond acceptors (Lipinski definition) is 2. The van der Waals surface area contributed by atoms with Gasteiger partial charge >= 0.3 is 0 Å². The number of carbonyl (C=O) groups excluding carboxylic acids is 1. The minimum absolute atomic E-state index is 0.00221. The summed E-state index contributed by atoms with van der Waals surface area (Å²) < 4.78 is 0. The van der Waals surface area contributed by atoms with Crippen LogP contribution in [-0.2, 0) is 0 Å². The summed E-state index contributed by atoms with van der Waals surface area (Å²) in [6.45, 7) is 3.89. The van der Waals surface area contributed by atoms with E-state index in [4.69, 9.17) is 5.11 Å². The highest BCUT2D eigenvalue weighted by Gasteiger charge is 2.36. The molecule has 106 valence electrons. The second kappa shape index (κ2) is 6.11. The van der Waals surface area contributed by atoms with Gasteiger partial charge in [-0.15, -0.1) is 0 Å². The molecule has 0 heterocycles. The van der Waals surface area contributed by atoms with Gasteiger partial charge < -0.3 is 10.4 Å². The zero-order valence-electron chi connectivity index (χ0n) is 12.1. The molecule has 3 nitrogen and oxygen atoms in total. The molecule has 0 atom stereocenters. The maximum Gasteiger partial charge on any atom is 0.251 e. The molecule has 1 aliphatic rings. The van der Waals surface area contributed by atoms with E-state index in [0.717, 1.165) is 30.4 Å². The summed E-state index contributed by atoms with van der Waals surface area (Å²) in [5.41, 5.74) is 2.41. The van der Waals surface area contributed by atoms with Crippen molar-refractivity contribution in [2.75, 3.05) is 6.61 Å². The smallest absolute Gasteiger partial charge is 0.251 e. The molecule has 0 radical (unpaired) electrons. The molecule has 0 bridgehead atoms. The summed E-state index contributed by atoms with van der Waals surface area (Å²) >= 11 is 0. The molecule has 0 unspecified atom stereocenters. The monoisotopic (exact) mass is 271 g/mol. The molecule has 1 saturated carbocycles. The fourth-order valence-electron chi connectivity index (χ4n) is 2.61. The SMILES string of the molecule is CCC1(NC(=O)c2cc(C)cc(C#CCO)c2)CCC1. The molecule has 1 aromatic carbocycles. The Morgan fingerprint density at radius 2 is 2.15 bits per heavy atom. The zero-order chi connectivity index (χ0) is 14.6. The fraction of sp³-hybridized carbons (Fsp3) is 0.471. The normalized spacial score (nSPS) is 15.8. The lowest BCUT2D eigenvalue weighted by Gasteiger charge is -2.42. The van der Waals surface area contributed by atoms with Crippen molar-refractivity contribution in [2.45, 2.75) is 45.1 Å². The number of benzene rings is 1. The van der Waals surface area contributed by atoms with Crippen LogP contribution in [0.1, 0.15) is 54.1 Å². The van der Waals surface area contributed by atoms with Gasteiger partial charge in [-0.25, -0.2) is 0 Å². The Balaban J connectivity index is 2.19. The molecule has 0 spiro atoms. The quantitative estimate of drug-likeness (QED) is 0.829. The largest absolute Gasteiger partial charge is 0.384 e. The molecular weight excluding hydrogens is 250 g/mol. The minimum Gasteiger partial charge on any atom is -0.384 e. The van der Waals surface area contributed by atoms with E-state index < -0.39 is 0 Å². The average Bonchev–Trinajstić information content (AvgIpc) is 2.39. The van der Waals surface area contributed by atoms with Crippen LogP contribution in [-0.4, -0.2) is 23.2 Å². The highest BCUT2D eigenvalue weighted by Crippen LogP contribution is 2.34. The lowest BCUT2D eigenvalue weighted by molar-refractivity contribution is 0.0820. The van der Waals surface area contributed by atoms with Gasteiger partial charge in [-0.1, -0.05) is 18.8 Å². The second-order valence-corrected chi connectivity index (χ2v) is 5.49. The number of aliphatic hydroxyl groups excluding tert-OH is 1. The van der Waals surface area contributed by atoms with Gasteiger partial charge in [0, 0.05) is 16.7 Å². The Morgan fingerprint density at radius 3 is 2.70 bits per heavy atom. The van der Waals surface area contributed by atoms with Gasteiger partial charge in [0.1, 0.15) is 6.61 Å². The maximum atomic E-state index is 12.4. The van der Waals surface area contributed by atoms with Crippen LogP contribution in [0.15, 0.2) is 18.2 Å². The first kappa shape index (κ1) is 14.6. The first-order valence-electron chi connectivity index (χ1n) is 7.12. The van der Waals surface area contributed by atoms with Crippen LogP contribution < -0.4 is 5.32 Å². The molecule has 1 amide bonds. The first-order valence-corrected chi connectivity index (χ1v) is 7.12. The minimum atomic E-state index is -0.172. The van der Waals surface area contributed by atoms with Gasteiger partial charge in [0.05, 0.1) is 0 Å². The number of aryl methyl sites for hydroxylation is 1. The molecule has 0 aliphatic heterocycles. The van der Waals surface area contributed by atoms with E-state index >= 15 is 0 Å². The molecule has 2 N–H and O–H groups in total. The molecule has 0 saturated heterocycles. The number of aliphatic hydroxyl groups is 1. The second-order valence-electron chi connectivity index (χ2n) is 5.49. The Labute approximate surface area is 120 Å². The predicted molar refractivity (Wildman–Crippen MR) is 79.5 cm³/mol. The van der Waals surface area contributed by atoms with E-state index in [0.29, 0.717) is 5.56 Å². The van der Waals surface area contributed by atoms with Crippen LogP contribution in [0.3, 0.4) is 0 Å².